The second-order valence-electron chi connectivity index (χ2n) is 4.33. The van der Waals surface area contributed by atoms with Gasteiger partial charge in [-0.1, -0.05) is 12.1 Å². The zero-order valence-electron chi connectivity index (χ0n) is 11.4. The van der Waals surface area contributed by atoms with Crippen LogP contribution in [0, 0.1) is 28.6 Å². The van der Waals surface area contributed by atoms with Gasteiger partial charge in [0.15, 0.2) is 0 Å². The fourth-order valence-corrected chi connectivity index (χ4v) is 1.65. The average Bonchev–Trinajstić information content (AvgIpc) is 2.48. The first-order chi connectivity index (χ1) is 10.5. The largest absolute Gasteiger partial charge is 0.481 e. The molecule has 0 spiro atoms. The van der Waals surface area contributed by atoms with Crippen LogP contribution < -0.4 is 5.43 Å². The van der Waals surface area contributed by atoms with Crippen LogP contribution in [0.4, 0.5) is 5.69 Å². The lowest BCUT2D eigenvalue weighted by Gasteiger charge is -2.10. The summed E-state index contributed by atoms with van der Waals surface area (Å²) >= 11 is 0. The molecule has 0 bridgehead atoms. The Labute approximate surface area is 125 Å². The minimum Gasteiger partial charge on any atom is -0.481 e. The van der Waals surface area contributed by atoms with E-state index in [1.807, 2.05) is 0 Å². The second kappa shape index (κ2) is 8.02. The molecule has 1 unspecified atom stereocenters. The highest BCUT2D eigenvalue weighted by atomic mass is 16.4. The summed E-state index contributed by atoms with van der Waals surface area (Å²) in [4.78, 5) is 21.6. The Morgan fingerprint density at radius 1 is 1.18 bits per heavy atom. The van der Waals surface area contributed by atoms with Crippen LogP contribution in [0.3, 0.4) is 0 Å². The number of hydrogen-bond donors (Lipinski definition) is 3. The highest BCUT2D eigenvalue weighted by Crippen LogP contribution is 2.16. The Bertz CT molecular complexity index is 652. The van der Waals surface area contributed by atoms with Gasteiger partial charge in [-0.25, -0.2) is 0 Å². The molecule has 0 saturated heterocycles. The molecule has 0 radical (unpaired) electrons. The average molecular weight is 300 g/mol. The number of rotatable bonds is 7. The number of carboxylic acids is 2. The van der Waals surface area contributed by atoms with Gasteiger partial charge in [0.1, 0.15) is 12.1 Å². The number of benzene rings is 1. The number of nitrogens with zero attached hydrogens (tertiary/aromatic N) is 3. The fraction of sp³-hybridized carbons (Fsp3) is 0.214. The molecule has 1 rings (SSSR count). The lowest BCUT2D eigenvalue weighted by atomic mass is 9.96. The Morgan fingerprint density at radius 3 is 2.23 bits per heavy atom. The number of anilines is 1. The molecule has 3 N–H and O–H groups in total. The Morgan fingerprint density at radius 2 is 1.77 bits per heavy atom. The van der Waals surface area contributed by atoms with Crippen LogP contribution in [0.25, 0.3) is 0 Å². The molecule has 1 atom stereocenters. The zero-order valence-corrected chi connectivity index (χ0v) is 11.4. The molecule has 1 aromatic carbocycles. The summed E-state index contributed by atoms with van der Waals surface area (Å²) in [6, 6.07) is 9.61. The van der Waals surface area contributed by atoms with Gasteiger partial charge < -0.3 is 10.2 Å². The molecule has 0 aliphatic heterocycles. The van der Waals surface area contributed by atoms with Crippen molar-refractivity contribution >= 4 is 23.3 Å². The van der Waals surface area contributed by atoms with Crippen molar-refractivity contribution in [1.29, 1.82) is 10.5 Å². The van der Waals surface area contributed by atoms with E-state index < -0.39 is 24.3 Å². The molecule has 0 heterocycles. The molecule has 0 saturated carbocycles. The lowest BCUT2D eigenvalue weighted by Crippen LogP contribution is -2.20. The first kappa shape index (κ1) is 16.7. The second-order valence-corrected chi connectivity index (χ2v) is 4.33. The maximum absolute atomic E-state index is 11.0. The minimum absolute atomic E-state index is 0.0901. The van der Waals surface area contributed by atoms with Crippen LogP contribution in [0.5, 0.6) is 0 Å². The topological polar surface area (TPSA) is 147 Å². The van der Waals surface area contributed by atoms with E-state index in [4.69, 9.17) is 20.7 Å². The van der Waals surface area contributed by atoms with Gasteiger partial charge in [0.05, 0.1) is 18.0 Å². The summed E-state index contributed by atoms with van der Waals surface area (Å²) in [6.45, 7) is 0. The maximum atomic E-state index is 11.0. The number of nitriles is 2. The number of aliphatic carboxylic acids is 2. The lowest BCUT2D eigenvalue weighted by molar-refractivity contribution is -0.148. The molecule has 0 aliphatic rings. The predicted molar refractivity (Wildman–Crippen MR) is 75.8 cm³/mol. The van der Waals surface area contributed by atoms with Gasteiger partial charge in [-0.15, -0.1) is 0 Å². The van der Waals surface area contributed by atoms with Crippen molar-refractivity contribution in [3.8, 4) is 12.1 Å². The minimum atomic E-state index is -1.17. The first-order valence-electron chi connectivity index (χ1n) is 6.13. The molecule has 0 amide bonds. The quantitative estimate of drug-likeness (QED) is 0.506. The third-order valence-electron chi connectivity index (χ3n) is 2.71. The molecular formula is C14H12N4O4. The van der Waals surface area contributed by atoms with Gasteiger partial charge in [-0.2, -0.15) is 15.6 Å². The van der Waals surface area contributed by atoms with Gasteiger partial charge in [0, 0.05) is 0 Å². The van der Waals surface area contributed by atoms with Crippen LogP contribution >= 0.6 is 0 Å². The number of carbonyl (C=O) groups is 2. The predicted octanol–water partition coefficient (Wildman–Crippen LogP) is 1.22. The van der Waals surface area contributed by atoms with E-state index in [-0.39, 0.29) is 12.1 Å². The van der Waals surface area contributed by atoms with E-state index in [2.05, 4.69) is 10.5 Å². The summed E-state index contributed by atoms with van der Waals surface area (Å²) in [5, 5.41) is 38.3. The maximum Gasteiger partial charge on any atom is 0.307 e. The first-order valence-corrected chi connectivity index (χ1v) is 6.13. The smallest absolute Gasteiger partial charge is 0.307 e. The highest BCUT2D eigenvalue weighted by molar-refractivity contribution is 6.10. The molecule has 0 aromatic heterocycles. The Balaban J connectivity index is 2.74. The molecule has 0 fully saturated rings. The van der Waals surface area contributed by atoms with Gasteiger partial charge in [-0.3, -0.25) is 15.0 Å². The van der Waals surface area contributed by atoms with E-state index in [0.29, 0.717) is 11.3 Å². The van der Waals surface area contributed by atoms with Crippen LogP contribution in [0.1, 0.15) is 12.0 Å². The molecule has 112 valence electrons. The number of hydrogen-bond acceptors (Lipinski definition) is 6. The van der Waals surface area contributed by atoms with Gasteiger partial charge >= 0.3 is 11.9 Å². The monoisotopic (exact) mass is 300 g/mol. The van der Waals surface area contributed by atoms with Crippen molar-refractivity contribution in [3.63, 3.8) is 0 Å². The summed E-state index contributed by atoms with van der Waals surface area (Å²) in [7, 11) is 0. The number of carboxylic acid groups (broad SMARTS) is 2. The molecule has 1 aromatic rings. The van der Waals surface area contributed by atoms with Crippen LogP contribution in [0.15, 0.2) is 29.4 Å². The molecule has 22 heavy (non-hydrogen) atoms. The summed E-state index contributed by atoms with van der Waals surface area (Å²) in [5.74, 6) is -3.33. The zero-order chi connectivity index (χ0) is 16.5. The summed E-state index contributed by atoms with van der Waals surface area (Å²) in [5.41, 5.74) is 3.36. The van der Waals surface area contributed by atoms with Crippen molar-refractivity contribution < 1.29 is 19.8 Å². The van der Waals surface area contributed by atoms with Crippen LogP contribution in [-0.2, 0) is 16.0 Å². The third-order valence-corrected chi connectivity index (χ3v) is 2.71. The van der Waals surface area contributed by atoms with Gasteiger partial charge in [-0.05, 0) is 24.1 Å². The van der Waals surface area contributed by atoms with Crippen LogP contribution in [0.2, 0.25) is 0 Å². The van der Waals surface area contributed by atoms with Crippen molar-refractivity contribution in [2.75, 3.05) is 5.43 Å². The van der Waals surface area contributed by atoms with Crippen molar-refractivity contribution in [2.45, 2.75) is 12.8 Å². The Hall–Kier alpha value is -3.39. The molecule has 8 nitrogen and oxygen atoms in total. The van der Waals surface area contributed by atoms with Gasteiger partial charge in [0.2, 0.25) is 5.71 Å². The van der Waals surface area contributed by atoms with Crippen LogP contribution in [-0.4, -0.2) is 27.9 Å². The SMILES string of the molecule is N#CC(C#N)=NNc1ccc(CC(CC(=O)O)C(=O)O)cc1. The normalized spacial score (nSPS) is 10.6. The van der Waals surface area contributed by atoms with E-state index in [1.165, 1.54) is 0 Å². The van der Waals surface area contributed by atoms with Gasteiger partial charge in [0.25, 0.3) is 0 Å². The standard InChI is InChI=1S/C14H12N4O4/c15-7-12(8-16)18-17-11-3-1-9(2-4-11)5-10(14(21)22)6-13(19)20/h1-4,10,17H,5-6H2,(H,19,20)(H,21,22). The molecular weight excluding hydrogens is 288 g/mol. The molecule has 0 aliphatic carbocycles. The van der Waals surface area contributed by atoms with E-state index in [0.717, 1.165) is 0 Å². The van der Waals surface area contributed by atoms with E-state index in [9.17, 15) is 9.59 Å². The summed E-state index contributed by atoms with van der Waals surface area (Å²) < 4.78 is 0. The third kappa shape index (κ3) is 5.31. The van der Waals surface area contributed by atoms with Crippen molar-refractivity contribution in [2.24, 2.45) is 11.0 Å². The molecule has 8 heteroatoms. The fourth-order valence-electron chi connectivity index (χ4n) is 1.65. The van der Waals surface area contributed by atoms with E-state index >= 15 is 0 Å². The van der Waals surface area contributed by atoms with E-state index in [1.54, 1.807) is 36.4 Å². The van der Waals surface area contributed by atoms with Crippen molar-refractivity contribution in [1.82, 2.24) is 0 Å². The summed E-state index contributed by atoms with van der Waals surface area (Å²) in [6.07, 6.45) is -0.361. The Kier molecular flexibility index (Phi) is 6.08. The number of nitrogens with one attached hydrogen (secondary N) is 1. The van der Waals surface area contributed by atoms with Crippen molar-refractivity contribution in [3.05, 3.63) is 29.8 Å². The number of hydrazone groups is 1. The highest BCUT2D eigenvalue weighted by Gasteiger charge is 2.21.